The molecule has 2 aromatic rings. The molecule has 0 spiro atoms. The van der Waals surface area contributed by atoms with Crippen LogP contribution < -0.4 is 14.8 Å². The van der Waals surface area contributed by atoms with Crippen LogP contribution >= 0.6 is 11.6 Å². The fraction of sp³-hybridized carbons (Fsp3) is 0.682. The van der Waals surface area contributed by atoms with Gasteiger partial charge in [0.2, 0.25) is 0 Å². The number of hydrogen-bond donors (Lipinski definition) is 2. The molecule has 3 unspecified atom stereocenters. The zero-order valence-electron chi connectivity index (χ0n) is 32.9. The molecule has 2 aromatic carbocycles. The van der Waals surface area contributed by atoms with E-state index in [-0.39, 0.29) is 13.2 Å². The highest BCUT2D eigenvalue weighted by Crippen LogP contribution is 2.40. The third-order valence-corrected chi connectivity index (χ3v) is 10.4. The molecule has 0 amide bonds. The number of nitrogens with one attached hydrogen (secondary N) is 1. The van der Waals surface area contributed by atoms with Gasteiger partial charge in [-0.15, -0.1) is 0 Å². The molecule has 1 aliphatic rings. The van der Waals surface area contributed by atoms with Gasteiger partial charge in [0.1, 0.15) is 0 Å². The fourth-order valence-electron chi connectivity index (χ4n) is 7.07. The number of hydrogen-bond acceptors (Lipinski definition) is 8. The molecule has 1 heterocycles. The van der Waals surface area contributed by atoms with Crippen molar-refractivity contribution in [3.05, 3.63) is 59.1 Å². The smallest absolute Gasteiger partial charge is 0.453 e. The lowest BCUT2D eigenvalue weighted by Crippen LogP contribution is -2.56. The number of carbonyl (C=O) groups excluding carboxylic acids is 2. The predicted octanol–water partition coefficient (Wildman–Crippen LogP) is 11.1. The van der Waals surface area contributed by atoms with E-state index in [2.05, 4.69) is 26.1 Å². The Morgan fingerprint density at radius 3 is 1.77 bits per heavy atom. The van der Waals surface area contributed by atoms with Gasteiger partial charge >= 0.3 is 17.7 Å². The highest BCUT2D eigenvalue weighted by Gasteiger charge is 2.59. The minimum Gasteiger partial charge on any atom is -0.459 e. The quantitative estimate of drug-likeness (QED) is 0.0461. The molecule has 0 fully saturated rings. The molecule has 0 saturated carbocycles. The first kappa shape index (κ1) is 44.6. The molecule has 3 atom stereocenters. The SMILES string of the molecule is CCCCCCCCCCCCOC(=O)C1(C(=O)OCCCCCCCCC(CCC)CC(C)NCC(O)c2cccc(Cl)c2)Oc2ccccc2O1. The van der Waals surface area contributed by atoms with Gasteiger partial charge in [-0.3, -0.25) is 0 Å². The number of benzene rings is 2. The van der Waals surface area contributed by atoms with Crippen molar-refractivity contribution >= 4 is 23.5 Å². The van der Waals surface area contributed by atoms with Crippen LogP contribution in [0.4, 0.5) is 0 Å². The van der Waals surface area contributed by atoms with Gasteiger partial charge in [0.05, 0.1) is 19.3 Å². The molecule has 53 heavy (non-hydrogen) atoms. The number of halogens is 1. The minimum absolute atomic E-state index is 0.185. The second-order valence-corrected chi connectivity index (χ2v) is 15.3. The molecule has 0 aromatic heterocycles. The predicted molar refractivity (Wildman–Crippen MR) is 213 cm³/mol. The number of unbranched alkanes of at least 4 members (excludes halogenated alkanes) is 14. The van der Waals surface area contributed by atoms with Crippen LogP contribution in [-0.4, -0.2) is 48.6 Å². The third kappa shape index (κ3) is 16.6. The van der Waals surface area contributed by atoms with E-state index in [1.807, 2.05) is 24.3 Å². The Bertz CT molecular complexity index is 1280. The summed E-state index contributed by atoms with van der Waals surface area (Å²) in [6, 6.07) is 14.6. The number of aliphatic hydroxyl groups is 1. The second-order valence-electron chi connectivity index (χ2n) is 14.9. The summed E-state index contributed by atoms with van der Waals surface area (Å²) in [4.78, 5) is 26.6. The van der Waals surface area contributed by atoms with Gasteiger partial charge in [-0.05, 0) is 61.9 Å². The van der Waals surface area contributed by atoms with Gasteiger partial charge in [0, 0.05) is 17.6 Å². The van der Waals surface area contributed by atoms with Crippen molar-refractivity contribution in [2.24, 2.45) is 5.92 Å². The Labute approximate surface area is 325 Å². The molecule has 3 rings (SSSR count). The number of para-hydroxylation sites is 2. The minimum atomic E-state index is -2.26. The van der Waals surface area contributed by atoms with Gasteiger partial charge in [-0.25, -0.2) is 9.59 Å². The number of fused-ring (bicyclic) bond motifs is 1. The first-order chi connectivity index (χ1) is 25.8. The first-order valence-electron chi connectivity index (χ1n) is 20.8. The summed E-state index contributed by atoms with van der Waals surface area (Å²) in [7, 11) is 0. The van der Waals surface area contributed by atoms with Crippen LogP contribution in [0.1, 0.15) is 161 Å². The lowest BCUT2D eigenvalue weighted by Gasteiger charge is -2.23. The average molecular weight is 758 g/mol. The molecule has 9 heteroatoms. The lowest BCUT2D eigenvalue weighted by atomic mass is 9.90. The highest BCUT2D eigenvalue weighted by atomic mass is 35.5. The van der Waals surface area contributed by atoms with Gasteiger partial charge in [-0.2, -0.15) is 0 Å². The van der Waals surface area contributed by atoms with E-state index in [1.165, 1.54) is 77.0 Å². The van der Waals surface area contributed by atoms with E-state index in [1.54, 1.807) is 24.3 Å². The summed E-state index contributed by atoms with van der Waals surface area (Å²) in [5.74, 6) is -2.70. The van der Waals surface area contributed by atoms with Gasteiger partial charge in [-0.1, -0.05) is 159 Å². The van der Waals surface area contributed by atoms with Gasteiger partial charge in [0.25, 0.3) is 0 Å². The Hall–Kier alpha value is -2.81. The Balaban J connectivity index is 1.29. The van der Waals surface area contributed by atoms with Crippen molar-refractivity contribution in [1.29, 1.82) is 0 Å². The van der Waals surface area contributed by atoms with Crippen LogP contribution in [-0.2, 0) is 19.1 Å². The Kier molecular flexibility index (Phi) is 21.9. The van der Waals surface area contributed by atoms with Gasteiger partial charge in [0.15, 0.2) is 11.5 Å². The van der Waals surface area contributed by atoms with E-state index >= 15 is 0 Å². The summed E-state index contributed by atoms with van der Waals surface area (Å²) in [6.07, 6.45) is 22.0. The maximum atomic E-state index is 13.3. The molecular weight excluding hydrogens is 690 g/mol. The molecule has 0 aliphatic carbocycles. The molecule has 0 radical (unpaired) electrons. The van der Waals surface area contributed by atoms with E-state index < -0.39 is 23.8 Å². The summed E-state index contributed by atoms with van der Waals surface area (Å²) in [6.45, 7) is 7.58. The highest BCUT2D eigenvalue weighted by molar-refractivity contribution is 6.30. The third-order valence-electron chi connectivity index (χ3n) is 10.1. The average Bonchev–Trinajstić information content (AvgIpc) is 3.56. The molecule has 2 N–H and O–H groups in total. The summed E-state index contributed by atoms with van der Waals surface area (Å²) in [5, 5.41) is 14.7. The molecule has 0 bridgehead atoms. The molecule has 0 saturated heterocycles. The Morgan fingerprint density at radius 2 is 1.25 bits per heavy atom. The second kappa shape index (κ2) is 26.1. The maximum Gasteiger partial charge on any atom is 0.453 e. The van der Waals surface area contributed by atoms with Crippen molar-refractivity contribution < 1.29 is 33.6 Å². The van der Waals surface area contributed by atoms with Gasteiger partial charge < -0.3 is 29.4 Å². The zero-order chi connectivity index (χ0) is 38.2. The van der Waals surface area contributed by atoms with Crippen molar-refractivity contribution in [3.63, 3.8) is 0 Å². The Morgan fingerprint density at radius 1 is 0.717 bits per heavy atom. The number of rotatable bonds is 30. The first-order valence-corrected chi connectivity index (χ1v) is 21.1. The van der Waals surface area contributed by atoms with Crippen molar-refractivity contribution in [2.75, 3.05) is 19.8 Å². The van der Waals surface area contributed by atoms with Crippen LogP contribution in [0.15, 0.2) is 48.5 Å². The molecule has 298 valence electrons. The topological polar surface area (TPSA) is 103 Å². The van der Waals surface area contributed by atoms with Crippen LogP contribution in [0.3, 0.4) is 0 Å². The summed E-state index contributed by atoms with van der Waals surface area (Å²) in [5.41, 5.74) is 0.835. The van der Waals surface area contributed by atoms with Crippen LogP contribution in [0.25, 0.3) is 0 Å². The standard InChI is InChI=1S/C44H68ClNO7/c1-4-6-7-8-9-10-11-13-16-21-30-50-42(48)44(52-40-28-19-20-29-41(40)53-44)43(49)51-31-22-17-14-12-15-18-25-36(24-5-2)32-35(3)46-34-39(47)37-26-23-27-38(45)33-37/h19-20,23,26-29,33,35-36,39,46-47H,4-18,21-22,24-25,30-32,34H2,1-3H3. The number of ether oxygens (including phenoxy) is 4. The molecule has 1 aliphatic heterocycles. The summed E-state index contributed by atoms with van der Waals surface area (Å²) < 4.78 is 22.7. The van der Waals surface area contributed by atoms with Crippen LogP contribution in [0.2, 0.25) is 5.02 Å². The van der Waals surface area contributed by atoms with E-state index in [0.29, 0.717) is 41.4 Å². The molecular formula is C44H68ClNO7. The number of esters is 2. The fourth-order valence-corrected chi connectivity index (χ4v) is 7.27. The lowest BCUT2D eigenvalue weighted by molar-refractivity contribution is -0.202. The number of aliphatic hydroxyl groups excluding tert-OH is 1. The van der Waals surface area contributed by atoms with Crippen LogP contribution in [0.5, 0.6) is 11.5 Å². The normalized spacial score (nSPS) is 14.8. The number of carbonyl (C=O) groups is 2. The monoisotopic (exact) mass is 757 g/mol. The van der Waals surface area contributed by atoms with Crippen molar-refractivity contribution in [3.8, 4) is 11.5 Å². The largest absolute Gasteiger partial charge is 0.459 e. The van der Waals surface area contributed by atoms with Crippen molar-refractivity contribution in [2.45, 2.75) is 167 Å². The van der Waals surface area contributed by atoms with E-state index in [0.717, 1.165) is 50.5 Å². The summed E-state index contributed by atoms with van der Waals surface area (Å²) >= 11 is 6.09. The zero-order valence-corrected chi connectivity index (χ0v) is 33.6. The molecule has 8 nitrogen and oxygen atoms in total. The van der Waals surface area contributed by atoms with E-state index in [4.69, 9.17) is 30.5 Å². The van der Waals surface area contributed by atoms with Crippen molar-refractivity contribution in [1.82, 2.24) is 5.32 Å². The van der Waals surface area contributed by atoms with E-state index in [9.17, 15) is 14.7 Å². The van der Waals surface area contributed by atoms with Crippen LogP contribution in [0, 0.1) is 5.92 Å². The maximum absolute atomic E-state index is 13.3.